The maximum Gasteiger partial charge on any atom is 0.189 e. The number of halogens is 2. The highest BCUT2D eigenvalue weighted by Gasteiger charge is 2.48. The molecule has 2 aliphatic rings. The lowest BCUT2D eigenvalue weighted by atomic mass is 10.1. The predicted octanol–water partition coefficient (Wildman–Crippen LogP) is 2.82. The number of rotatable bonds is 5. The Morgan fingerprint density at radius 3 is 2.71 bits per heavy atom. The Morgan fingerprint density at radius 1 is 1.38 bits per heavy atom. The first-order valence-corrected chi connectivity index (χ1v) is 9.10. The van der Waals surface area contributed by atoms with Crippen molar-refractivity contribution >= 4 is 29.2 Å². The van der Waals surface area contributed by atoms with Crippen LogP contribution in [-0.4, -0.2) is 49.2 Å². The Bertz CT molecular complexity index is 613. The van der Waals surface area contributed by atoms with Gasteiger partial charge in [0.2, 0.25) is 0 Å². The first-order chi connectivity index (χ1) is 11.5. The van der Waals surface area contributed by atoms with Gasteiger partial charge < -0.3 is 15.8 Å². The molecule has 1 saturated heterocycles. The highest BCUT2D eigenvalue weighted by atomic mass is 35.5. The van der Waals surface area contributed by atoms with Crippen LogP contribution in [0.3, 0.4) is 0 Å². The zero-order valence-corrected chi connectivity index (χ0v) is 15.4. The summed E-state index contributed by atoms with van der Waals surface area (Å²) >= 11 is 12.2. The summed E-state index contributed by atoms with van der Waals surface area (Å²) in [5, 5.41) is 4.47. The van der Waals surface area contributed by atoms with E-state index in [9.17, 15) is 0 Å². The van der Waals surface area contributed by atoms with E-state index in [2.05, 4.69) is 15.2 Å². The van der Waals surface area contributed by atoms with Crippen molar-refractivity contribution < 1.29 is 4.74 Å². The molecular formula is C17H24Cl2N4O. The minimum Gasteiger partial charge on any atom is -0.379 e. The van der Waals surface area contributed by atoms with Crippen LogP contribution in [0.25, 0.3) is 0 Å². The van der Waals surface area contributed by atoms with E-state index >= 15 is 0 Å². The van der Waals surface area contributed by atoms with Gasteiger partial charge in [0.15, 0.2) is 5.96 Å². The molecule has 7 heteroatoms. The van der Waals surface area contributed by atoms with Crippen LogP contribution in [0, 0.1) is 0 Å². The number of guanidine groups is 1. The van der Waals surface area contributed by atoms with Gasteiger partial charge in [0.25, 0.3) is 0 Å². The largest absolute Gasteiger partial charge is 0.379 e. The van der Waals surface area contributed by atoms with Crippen LogP contribution < -0.4 is 11.1 Å². The summed E-state index contributed by atoms with van der Waals surface area (Å²) in [6.07, 6.45) is 2.37. The molecule has 1 saturated carbocycles. The Labute approximate surface area is 153 Å². The van der Waals surface area contributed by atoms with E-state index < -0.39 is 0 Å². The Morgan fingerprint density at radius 2 is 2.08 bits per heavy atom. The second-order valence-corrected chi connectivity index (χ2v) is 7.40. The molecule has 1 aliphatic carbocycles. The van der Waals surface area contributed by atoms with E-state index in [1.54, 1.807) is 6.07 Å². The molecule has 24 heavy (non-hydrogen) atoms. The summed E-state index contributed by atoms with van der Waals surface area (Å²) in [5.41, 5.74) is 7.23. The number of nitrogens with two attached hydrogens (primary N) is 1. The maximum absolute atomic E-state index is 6.25. The molecule has 132 valence electrons. The molecule has 1 aliphatic heterocycles. The van der Waals surface area contributed by atoms with Gasteiger partial charge in [-0.05, 0) is 37.5 Å². The second kappa shape index (κ2) is 7.48. The third-order valence-electron chi connectivity index (χ3n) is 4.85. The van der Waals surface area contributed by atoms with Crippen molar-refractivity contribution in [1.29, 1.82) is 0 Å². The van der Waals surface area contributed by atoms with Gasteiger partial charge in [-0.15, -0.1) is 0 Å². The number of hydrogen-bond donors (Lipinski definition) is 2. The maximum atomic E-state index is 6.25. The first-order valence-electron chi connectivity index (χ1n) is 8.34. The summed E-state index contributed by atoms with van der Waals surface area (Å²) in [6, 6.07) is 5.44. The molecule has 0 bridgehead atoms. The SMILES string of the molecule is CC(NC(N)=NCC1(N2CCOCC2)CC1)c1ccc(Cl)cc1Cl. The minimum absolute atomic E-state index is 0.0305. The molecule has 2 fully saturated rings. The number of ether oxygens (including phenoxy) is 1. The second-order valence-electron chi connectivity index (χ2n) is 6.56. The van der Waals surface area contributed by atoms with Crippen LogP contribution in [0.2, 0.25) is 10.0 Å². The smallest absolute Gasteiger partial charge is 0.189 e. The third-order valence-corrected chi connectivity index (χ3v) is 5.41. The molecule has 1 heterocycles. The van der Waals surface area contributed by atoms with Crippen molar-refractivity contribution in [2.24, 2.45) is 10.7 Å². The van der Waals surface area contributed by atoms with Gasteiger partial charge >= 0.3 is 0 Å². The third kappa shape index (κ3) is 4.14. The van der Waals surface area contributed by atoms with Crippen LogP contribution in [0.1, 0.15) is 31.4 Å². The van der Waals surface area contributed by atoms with E-state index in [1.165, 1.54) is 12.8 Å². The molecule has 5 nitrogen and oxygen atoms in total. The summed E-state index contributed by atoms with van der Waals surface area (Å²) in [6.45, 7) is 6.33. The summed E-state index contributed by atoms with van der Waals surface area (Å²) in [4.78, 5) is 7.07. The zero-order valence-electron chi connectivity index (χ0n) is 13.9. The highest BCUT2D eigenvalue weighted by Crippen LogP contribution is 2.42. The van der Waals surface area contributed by atoms with Crippen LogP contribution in [0.4, 0.5) is 0 Å². The number of morpholine rings is 1. The molecule has 3 rings (SSSR count). The number of benzene rings is 1. The fourth-order valence-corrected chi connectivity index (χ4v) is 3.76. The van der Waals surface area contributed by atoms with Crippen LogP contribution in [0.5, 0.6) is 0 Å². The molecule has 1 aromatic rings. The normalized spacial score (nSPS) is 22.2. The van der Waals surface area contributed by atoms with Crippen LogP contribution >= 0.6 is 23.2 Å². The lowest BCUT2D eigenvalue weighted by molar-refractivity contribution is 0.0117. The number of nitrogens with zero attached hydrogens (tertiary/aromatic N) is 2. The van der Waals surface area contributed by atoms with Crippen LogP contribution in [-0.2, 0) is 4.74 Å². The molecule has 3 N–H and O–H groups in total. The molecule has 0 aromatic heterocycles. The molecule has 1 aromatic carbocycles. The van der Waals surface area contributed by atoms with Gasteiger partial charge in [0.05, 0.1) is 25.8 Å². The van der Waals surface area contributed by atoms with E-state index in [0.29, 0.717) is 16.0 Å². The van der Waals surface area contributed by atoms with Crippen LogP contribution in [0.15, 0.2) is 23.2 Å². The quantitative estimate of drug-likeness (QED) is 0.617. The van der Waals surface area contributed by atoms with E-state index in [4.69, 9.17) is 33.7 Å². The Balaban J connectivity index is 1.58. The highest BCUT2D eigenvalue weighted by molar-refractivity contribution is 6.35. The Kier molecular flexibility index (Phi) is 5.55. The number of aliphatic imine (C=N–C) groups is 1. The fourth-order valence-electron chi connectivity index (χ4n) is 3.19. The van der Waals surface area contributed by atoms with Gasteiger partial charge in [-0.2, -0.15) is 0 Å². The molecule has 0 amide bonds. The van der Waals surface area contributed by atoms with Gasteiger partial charge in [-0.1, -0.05) is 29.3 Å². The molecule has 0 radical (unpaired) electrons. The predicted molar refractivity (Wildman–Crippen MR) is 98.9 cm³/mol. The average Bonchev–Trinajstić information content (AvgIpc) is 3.35. The average molecular weight is 371 g/mol. The number of nitrogens with one attached hydrogen (secondary N) is 1. The first kappa shape index (κ1) is 17.8. The monoisotopic (exact) mass is 370 g/mol. The van der Waals surface area contributed by atoms with Crippen molar-refractivity contribution in [3.05, 3.63) is 33.8 Å². The van der Waals surface area contributed by atoms with Crippen molar-refractivity contribution in [1.82, 2.24) is 10.2 Å². The topological polar surface area (TPSA) is 62.9 Å². The van der Waals surface area contributed by atoms with E-state index in [1.807, 2.05) is 19.1 Å². The van der Waals surface area contributed by atoms with Crippen molar-refractivity contribution in [2.75, 3.05) is 32.8 Å². The number of hydrogen-bond acceptors (Lipinski definition) is 3. The molecule has 1 atom stereocenters. The molecular weight excluding hydrogens is 347 g/mol. The lowest BCUT2D eigenvalue weighted by Crippen LogP contribution is -2.47. The minimum atomic E-state index is -0.0305. The summed E-state index contributed by atoms with van der Waals surface area (Å²) < 4.78 is 5.43. The summed E-state index contributed by atoms with van der Waals surface area (Å²) in [5.74, 6) is 0.452. The van der Waals surface area contributed by atoms with Gasteiger partial charge in [0, 0.05) is 28.7 Å². The van der Waals surface area contributed by atoms with Crippen molar-refractivity contribution in [3.63, 3.8) is 0 Å². The summed E-state index contributed by atoms with van der Waals surface area (Å²) in [7, 11) is 0. The van der Waals surface area contributed by atoms with Crippen molar-refractivity contribution in [2.45, 2.75) is 31.3 Å². The van der Waals surface area contributed by atoms with E-state index in [0.717, 1.165) is 38.4 Å². The van der Waals surface area contributed by atoms with E-state index in [-0.39, 0.29) is 11.6 Å². The van der Waals surface area contributed by atoms with Crippen molar-refractivity contribution in [3.8, 4) is 0 Å². The zero-order chi connectivity index (χ0) is 17.2. The Hall–Kier alpha value is -1.01. The lowest BCUT2D eigenvalue weighted by Gasteiger charge is -2.34. The van der Waals surface area contributed by atoms with Gasteiger partial charge in [-0.3, -0.25) is 9.89 Å². The molecule has 1 unspecified atom stereocenters. The standard InChI is InChI=1S/C17H24Cl2N4O/c1-12(14-3-2-13(18)10-15(14)19)22-16(20)21-11-17(4-5-17)23-6-8-24-9-7-23/h2-3,10,12H,4-9,11H2,1H3,(H3,20,21,22). The van der Waals surface area contributed by atoms with Gasteiger partial charge in [-0.25, -0.2) is 0 Å². The van der Waals surface area contributed by atoms with Gasteiger partial charge in [0.1, 0.15) is 0 Å². The fraction of sp³-hybridized carbons (Fsp3) is 0.588. The molecule has 0 spiro atoms.